The molecule has 0 saturated carbocycles. The highest BCUT2D eigenvalue weighted by molar-refractivity contribution is 6.00. The maximum atomic E-state index is 12.3. The monoisotopic (exact) mass is 266 g/mol. The molecular weight excluding hydrogens is 244 g/mol. The van der Waals surface area contributed by atoms with Gasteiger partial charge in [0.15, 0.2) is 5.75 Å². The molecule has 19 heavy (non-hydrogen) atoms. The minimum absolute atomic E-state index is 0.173. The largest absolute Gasteiger partial charge is 0.493 e. The highest BCUT2D eigenvalue weighted by atomic mass is 16.5. The van der Waals surface area contributed by atoms with E-state index in [1.165, 1.54) is 7.11 Å². The molecule has 0 bridgehead atoms. The molecule has 6 nitrogen and oxygen atoms in total. The molecule has 0 fully saturated rings. The molecule has 0 radical (unpaired) electrons. The van der Waals surface area contributed by atoms with Gasteiger partial charge in [0.1, 0.15) is 5.69 Å². The Kier molecular flexibility index (Phi) is 5.72. The molecule has 106 valence electrons. The van der Waals surface area contributed by atoms with Crippen LogP contribution in [0.4, 0.5) is 0 Å². The molecule has 0 aliphatic rings. The second-order valence-corrected chi connectivity index (χ2v) is 4.58. The summed E-state index contributed by atoms with van der Waals surface area (Å²) in [6.07, 6.45) is 3.61. The standard InChI is InChI=1S/C13H22N4O2/c1-5-6-10(14)13(18)12-11(19-4)9-15-17(12)8-7-16(2)3/h5,9-10H,1,6-8,14H2,2-4H3. The lowest BCUT2D eigenvalue weighted by Gasteiger charge is -2.14. The molecule has 0 spiro atoms. The fourth-order valence-corrected chi connectivity index (χ4v) is 1.69. The molecule has 2 N–H and O–H groups in total. The predicted octanol–water partition coefficient (Wildman–Crippen LogP) is 0.539. The summed E-state index contributed by atoms with van der Waals surface area (Å²) in [6.45, 7) is 4.99. The molecule has 1 rings (SSSR count). The van der Waals surface area contributed by atoms with Crippen molar-refractivity contribution in [2.45, 2.75) is 19.0 Å². The quantitative estimate of drug-likeness (QED) is 0.549. The number of hydrogen-bond donors (Lipinski definition) is 1. The van der Waals surface area contributed by atoms with E-state index in [1.807, 2.05) is 19.0 Å². The summed E-state index contributed by atoms with van der Waals surface area (Å²) in [7, 11) is 5.44. The highest BCUT2D eigenvalue weighted by Crippen LogP contribution is 2.19. The van der Waals surface area contributed by atoms with Gasteiger partial charge in [-0.2, -0.15) is 5.10 Å². The Bertz CT molecular complexity index is 440. The summed E-state index contributed by atoms with van der Waals surface area (Å²) in [5.41, 5.74) is 6.27. The Balaban J connectivity index is 2.98. The summed E-state index contributed by atoms with van der Waals surface area (Å²) in [5, 5.41) is 4.19. The van der Waals surface area contributed by atoms with E-state index in [4.69, 9.17) is 10.5 Å². The zero-order valence-electron chi connectivity index (χ0n) is 11.8. The van der Waals surface area contributed by atoms with Crippen LogP contribution < -0.4 is 10.5 Å². The van der Waals surface area contributed by atoms with Crippen molar-refractivity contribution in [1.29, 1.82) is 0 Å². The van der Waals surface area contributed by atoms with Gasteiger partial charge in [0.05, 0.1) is 25.9 Å². The first kappa shape index (κ1) is 15.4. The SMILES string of the molecule is C=CCC(N)C(=O)c1c(OC)cnn1CCN(C)C. The third kappa shape index (κ3) is 3.90. The van der Waals surface area contributed by atoms with Gasteiger partial charge in [-0.1, -0.05) is 6.08 Å². The van der Waals surface area contributed by atoms with Crippen molar-refractivity contribution in [3.8, 4) is 5.75 Å². The minimum atomic E-state index is -0.610. The molecule has 0 amide bonds. The summed E-state index contributed by atoms with van der Waals surface area (Å²) in [4.78, 5) is 14.3. The van der Waals surface area contributed by atoms with Crippen molar-refractivity contribution < 1.29 is 9.53 Å². The topological polar surface area (TPSA) is 73.4 Å². The summed E-state index contributed by atoms with van der Waals surface area (Å²) < 4.78 is 6.83. The van der Waals surface area contributed by atoms with Gasteiger partial charge in [-0.25, -0.2) is 0 Å². The van der Waals surface area contributed by atoms with Gasteiger partial charge in [0, 0.05) is 6.54 Å². The van der Waals surface area contributed by atoms with Crippen LogP contribution in [0, 0.1) is 0 Å². The molecule has 1 unspecified atom stereocenters. The Morgan fingerprint density at radius 3 is 2.89 bits per heavy atom. The average molecular weight is 266 g/mol. The summed E-state index contributed by atoms with van der Waals surface area (Å²) >= 11 is 0. The van der Waals surface area contributed by atoms with Crippen LogP contribution in [-0.4, -0.2) is 54.3 Å². The van der Waals surface area contributed by atoms with E-state index < -0.39 is 6.04 Å². The number of carbonyl (C=O) groups excluding carboxylic acids is 1. The zero-order chi connectivity index (χ0) is 14.4. The van der Waals surface area contributed by atoms with E-state index in [0.29, 0.717) is 24.4 Å². The highest BCUT2D eigenvalue weighted by Gasteiger charge is 2.23. The van der Waals surface area contributed by atoms with Crippen LogP contribution in [0.3, 0.4) is 0 Å². The molecular formula is C13H22N4O2. The second-order valence-electron chi connectivity index (χ2n) is 4.58. The van der Waals surface area contributed by atoms with Gasteiger partial charge in [0.2, 0.25) is 5.78 Å². The minimum Gasteiger partial charge on any atom is -0.493 e. The van der Waals surface area contributed by atoms with Gasteiger partial charge in [-0.3, -0.25) is 9.48 Å². The fraction of sp³-hybridized carbons (Fsp3) is 0.538. The number of hydrogen-bond acceptors (Lipinski definition) is 5. The number of ketones is 1. The molecule has 1 aromatic rings. The number of rotatable bonds is 8. The number of nitrogens with zero attached hydrogens (tertiary/aromatic N) is 3. The number of methoxy groups -OCH3 is 1. The van der Waals surface area contributed by atoms with E-state index in [0.717, 1.165) is 6.54 Å². The lowest BCUT2D eigenvalue weighted by atomic mass is 10.1. The van der Waals surface area contributed by atoms with Crippen LogP contribution in [0.5, 0.6) is 5.75 Å². The lowest BCUT2D eigenvalue weighted by Crippen LogP contribution is -2.32. The predicted molar refractivity (Wildman–Crippen MR) is 74.5 cm³/mol. The number of ether oxygens (including phenoxy) is 1. The van der Waals surface area contributed by atoms with Crippen molar-refractivity contribution in [2.24, 2.45) is 5.73 Å². The molecule has 1 aromatic heterocycles. The smallest absolute Gasteiger partial charge is 0.201 e. The van der Waals surface area contributed by atoms with Crippen LogP contribution in [0.25, 0.3) is 0 Å². The van der Waals surface area contributed by atoms with Crippen molar-refractivity contribution in [3.05, 3.63) is 24.5 Å². The van der Waals surface area contributed by atoms with E-state index in [-0.39, 0.29) is 5.78 Å². The summed E-state index contributed by atoms with van der Waals surface area (Å²) in [6, 6.07) is -0.610. The third-order valence-corrected chi connectivity index (χ3v) is 2.78. The number of carbonyl (C=O) groups is 1. The van der Waals surface area contributed by atoms with E-state index in [2.05, 4.69) is 11.7 Å². The maximum Gasteiger partial charge on any atom is 0.201 e. The molecule has 1 heterocycles. The van der Waals surface area contributed by atoms with Crippen molar-refractivity contribution >= 4 is 5.78 Å². The first-order valence-electron chi connectivity index (χ1n) is 6.16. The Labute approximate surface area is 113 Å². The van der Waals surface area contributed by atoms with Crippen LogP contribution in [0.1, 0.15) is 16.9 Å². The van der Waals surface area contributed by atoms with Crippen molar-refractivity contribution in [1.82, 2.24) is 14.7 Å². The Hall–Kier alpha value is -1.66. The molecule has 0 saturated heterocycles. The maximum absolute atomic E-state index is 12.3. The van der Waals surface area contributed by atoms with Gasteiger partial charge in [0.25, 0.3) is 0 Å². The third-order valence-electron chi connectivity index (χ3n) is 2.78. The Morgan fingerprint density at radius 1 is 1.68 bits per heavy atom. The van der Waals surface area contributed by atoms with Gasteiger partial charge in [-0.05, 0) is 20.5 Å². The first-order valence-corrected chi connectivity index (χ1v) is 6.16. The second kappa shape index (κ2) is 7.06. The van der Waals surface area contributed by atoms with Crippen molar-refractivity contribution in [2.75, 3.05) is 27.7 Å². The van der Waals surface area contributed by atoms with Crippen LogP contribution >= 0.6 is 0 Å². The van der Waals surface area contributed by atoms with E-state index in [9.17, 15) is 4.79 Å². The average Bonchev–Trinajstić information content (AvgIpc) is 2.78. The number of Topliss-reactive ketones (excluding diaryl/α,β-unsaturated/α-hetero) is 1. The van der Waals surface area contributed by atoms with Crippen molar-refractivity contribution in [3.63, 3.8) is 0 Å². The number of nitrogens with two attached hydrogens (primary N) is 1. The van der Waals surface area contributed by atoms with E-state index >= 15 is 0 Å². The number of aromatic nitrogens is 2. The molecule has 0 aliphatic carbocycles. The zero-order valence-corrected chi connectivity index (χ0v) is 11.8. The van der Waals surface area contributed by atoms with Crippen LogP contribution in [-0.2, 0) is 6.54 Å². The molecule has 0 aliphatic heterocycles. The van der Waals surface area contributed by atoms with Gasteiger partial charge in [-0.15, -0.1) is 6.58 Å². The molecule has 0 aromatic carbocycles. The van der Waals surface area contributed by atoms with Gasteiger partial charge >= 0.3 is 0 Å². The van der Waals surface area contributed by atoms with Crippen LogP contribution in [0.15, 0.2) is 18.9 Å². The molecule has 1 atom stereocenters. The van der Waals surface area contributed by atoms with Gasteiger partial charge < -0.3 is 15.4 Å². The van der Waals surface area contributed by atoms with Crippen LogP contribution in [0.2, 0.25) is 0 Å². The van der Waals surface area contributed by atoms with E-state index in [1.54, 1.807) is 17.0 Å². The number of likely N-dealkylation sites (N-methyl/N-ethyl adjacent to an activating group) is 1. The summed E-state index contributed by atoms with van der Waals surface area (Å²) in [5.74, 6) is 0.288. The lowest BCUT2D eigenvalue weighted by molar-refractivity contribution is 0.0947. The molecule has 6 heteroatoms. The Morgan fingerprint density at radius 2 is 2.37 bits per heavy atom. The first-order chi connectivity index (χ1) is 9.01. The fourth-order valence-electron chi connectivity index (χ4n) is 1.69. The normalized spacial score (nSPS) is 12.5.